The van der Waals surface area contributed by atoms with Gasteiger partial charge in [0.2, 0.25) is 0 Å². The first-order valence-electron chi connectivity index (χ1n) is 6.48. The SMILES string of the molecule is CC(C)CCNCC(C1CC1)C1CC1. The average molecular weight is 195 g/mol. The van der Waals surface area contributed by atoms with E-state index in [1.54, 1.807) is 0 Å². The van der Waals surface area contributed by atoms with E-state index in [0.29, 0.717) is 0 Å². The molecule has 0 radical (unpaired) electrons. The summed E-state index contributed by atoms with van der Waals surface area (Å²) in [7, 11) is 0. The highest BCUT2D eigenvalue weighted by molar-refractivity contribution is 4.92. The second-order valence-corrected chi connectivity index (χ2v) is 5.73. The highest BCUT2D eigenvalue weighted by atomic mass is 14.9. The Labute approximate surface area is 88.7 Å². The average Bonchev–Trinajstić information content (AvgIpc) is 2.99. The summed E-state index contributed by atoms with van der Waals surface area (Å²) in [5.74, 6) is 4.10. The van der Waals surface area contributed by atoms with Crippen LogP contribution in [0.4, 0.5) is 0 Å². The van der Waals surface area contributed by atoms with E-state index in [9.17, 15) is 0 Å². The fourth-order valence-electron chi connectivity index (χ4n) is 2.43. The molecular weight excluding hydrogens is 170 g/mol. The maximum atomic E-state index is 3.66. The van der Waals surface area contributed by atoms with Crippen LogP contribution in [-0.4, -0.2) is 13.1 Å². The molecule has 2 aliphatic rings. The minimum absolute atomic E-state index is 0.850. The van der Waals surface area contributed by atoms with Gasteiger partial charge < -0.3 is 5.32 Å². The molecule has 0 aromatic heterocycles. The third-order valence-corrected chi connectivity index (χ3v) is 3.73. The molecule has 0 bridgehead atoms. The van der Waals surface area contributed by atoms with E-state index in [2.05, 4.69) is 19.2 Å². The Kier molecular flexibility index (Phi) is 3.48. The summed E-state index contributed by atoms with van der Waals surface area (Å²) in [6.07, 6.45) is 7.42. The van der Waals surface area contributed by atoms with Crippen molar-refractivity contribution in [3.63, 3.8) is 0 Å². The molecule has 0 aromatic rings. The van der Waals surface area contributed by atoms with E-state index in [1.165, 1.54) is 45.2 Å². The molecule has 0 aliphatic heterocycles. The molecule has 0 saturated heterocycles. The van der Waals surface area contributed by atoms with Gasteiger partial charge in [-0.05, 0) is 68.9 Å². The zero-order valence-corrected chi connectivity index (χ0v) is 9.76. The zero-order valence-electron chi connectivity index (χ0n) is 9.76. The summed E-state index contributed by atoms with van der Waals surface area (Å²) < 4.78 is 0. The molecule has 1 heteroatoms. The quantitative estimate of drug-likeness (QED) is 0.616. The first-order chi connectivity index (χ1) is 6.77. The minimum atomic E-state index is 0.850. The predicted octanol–water partition coefficient (Wildman–Crippen LogP) is 3.06. The van der Waals surface area contributed by atoms with Crippen molar-refractivity contribution in [2.75, 3.05) is 13.1 Å². The van der Waals surface area contributed by atoms with Crippen molar-refractivity contribution in [3.8, 4) is 0 Å². The molecule has 0 amide bonds. The Balaban J connectivity index is 1.57. The molecule has 0 unspecified atom stereocenters. The van der Waals surface area contributed by atoms with Crippen LogP contribution in [-0.2, 0) is 0 Å². The first kappa shape index (κ1) is 10.5. The van der Waals surface area contributed by atoms with Crippen molar-refractivity contribution in [3.05, 3.63) is 0 Å². The van der Waals surface area contributed by atoms with Gasteiger partial charge >= 0.3 is 0 Å². The van der Waals surface area contributed by atoms with Crippen molar-refractivity contribution in [2.24, 2.45) is 23.7 Å². The lowest BCUT2D eigenvalue weighted by atomic mass is 9.98. The molecular formula is C13H25N. The van der Waals surface area contributed by atoms with Crippen LogP contribution in [0.1, 0.15) is 46.0 Å². The van der Waals surface area contributed by atoms with Gasteiger partial charge in [-0.15, -0.1) is 0 Å². The molecule has 14 heavy (non-hydrogen) atoms. The molecule has 1 nitrogen and oxygen atoms in total. The van der Waals surface area contributed by atoms with Gasteiger partial charge in [0.15, 0.2) is 0 Å². The summed E-state index contributed by atoms with van der Waals surface area (Å²) in [6, 6.07) is 0. The summed E-state index contributed by atoms with van der Waals surface area (Å²) in [5, 5.41) is 3.66. The monoisotopic (exact) mass is 195 g/mol. The molecule has 2 rings (SSSR count). The fraction of sp³-hybridized carbons (Fsp3) is 1.00. The van der Waals surface area contributed by atoms with Gasteiger partial charge in [-0.2, -0.15) is 0 Å². The second-order valence-electron chi connectivity index (χ2n) is 5.73. The van der Waals surface area contributed by atoms with Gasteiger partial charge in [0.1, 0.15) is 0 Å². The smallest absolute Gasteiger partial charge is 0.00152 e. The fourth-order valence-corrected chi connectivity index (χ4v) is 2.43. The minimum Gasteiger partial charge on any atom is -0.316 e. The van der Waals surface area contributed by atoms with E-state index in [4.69, 9.17) is 0 Å². The Bertz CT molecular complexity index is 156. The lowest BCUT2D eigenvalue weighted by Gasteiger charge is -2.16. The standard InChI is InChI=1S/C13H25N/c1-10(2)7-8-14-9-13(11-3-4-11)12-5-6-12/h10-14H,3-9H2,1-2H3. The molecule has 82 valence electrons. The maximum Gasteiger partial charge on any atom is -0.00152 e. The van der Waals surface area contributed by atoms with Gasteiger partial charge in [0.05, 0.1) is 0 Å². The normalized spacial score (nSPS) is 22.3. The Morgan fingerprint density at radius 2 is 1.64 bits per heavy atom. The van der Waals surface area contributed by atoms with Crippen LogP contribution in [0.5, 0.6) is 0 Å². The van der Waals surface area contributed by atoms with Crippen molar-refractivity contribution in [2.45, 2.75) is 46.0 Å². The van der Waals surface area contributed by atoms with Crippen LogP contribution in [0.25, 0.3) is 0 Å². The van der Waals surface area contributed by atoms with Crippen molar-refractivity contribution >= 4 is 0 Å². The lowest BCUT2D eigenvalue weighted by molar-refractivity contribution is 0.373. The topological polar surface area (TPSA) is 12.0 Å². The second kappa shape index (κ2) is 4.65. The maximum absolute atomic E-state index is 3.66. The van der Waals surface area contributed by atoms with Crippen molar-refractivity contribution in [1.29, 1.82) is 0 Å². The molecule has 1 N–H and O–H groups in total. The van der Waals surface area contributed by atoms with Gasteiger partial charge in [-0.25, -0.2) is 0 Å². The van der Waals surface area contributed by atoms with Crippen LogP contribution in [0.3, 0.4) is 0 Å². The highest BCUT2D eigenvalue weighted by Gasteiger charge is 2.40. The Morgan fingerprint density at radius 3 is 2.07 bits per heavy atom. The van der Waals surface area contributed by atoms with Gasteiger partial charge in [0, 0.05) is 0 Å². The molecule has 0 heterocycles. The molecule has 2 fully saturated rings. The lowest BCUT2D eigenvalue weighted by Crippen LogP contribution is -2.27. The number of rotatable bonds is 7. The number of hydrogen-bond donors (Lipinski definition) is 1. The summed E-state index contributed by atoms with van der Waals surface area (Å²) >= 11 is 0. The van der Waals surface area contributed by atoms with Crippen LogP contribution < -0.4 is 5.32 Å². The van der Waals surface area contributed by atoms with E-state index in [0.717, 1.165) is 23.7 Å². The molecule has 0 atom stereocenters. The van der Waals surface area contributed by atoms with Gasteiger partial charge in [-0.1, -0.05) is 13.8 Å². The zero-order chi connectivity index (χ0) is 9.97. The largest absolute Gasteiger partial charge is 0.316 e. The Morgan fingerprint density at radius 1 is 1.07 bits per heavy atom. The highest BCUT2D eigenvalue weighted by Crippen LogP contribution is 2.48. The van der Waals surface area contributed by atoms with Crippen LogP contribution >= 0.6 is 0 Å². The van der Waals surface area contributed by atoms with E-state index in [-0.39, 0.29) is 0 Å². The van der Waals surface area contributed by atoms with Gasteiger partial charge in [0.25, 0.3) is 0 Å². The third-order valence-electron chi connectivity index (χ3n) is 3.73. The van der Waals surface area contributed by atoms with Crippen molar-refractivity contribution in [1.82, 2.24) is 5.32 Å². The Hall–Kier alpha value is -0.0400. The van der Waals surface area contributed by atoms with Crippen LogP contribution in [0.15, 0.2) is 0 Å². The molecule has 2 saturated carbocycles. The summed E-state index contributed by atoms with van der Waals surface area (Å²) in [5.41, 5.74) is 0. The number of nitrogens with one attached hydrogen (secondary N) is 1. The van der Waals surface area contributed by atoms with E-state index in [1.807, 2.05) is 0 Å². The van der Waals surface area contributed by atoms with E-state index >= 15 is 0 Å². The number of hydrogen-bond acceptors (Lipinski definition) is 1. The van der Waals surface area contributed by atoms with Gasteiger partial charge in [-0.3, -0.25) is 0 Å². The van der Waals surface area contributed by atoms with E-state index < -0.39 is 0 Å². The summed E-state index contributed by atoms with van der Waals surface area (Å²) in [4.78, 5) is 0. The predicted molar refractivity (Wildman–Crippen MR) is 61.3 cm³/mol. The first-order valence-corrected chi connectivity index (χ1v) is 6.48. The molecule has 0 spiro atoms. The van der Waals surface area contributed by atoms with Crippen molar-refractivity contribution < 1.29 is 0 Å². The molecule has 0 aromatic carbocycles. The van der Waals surface area contributed by atoms with Crippen LogP contribution in [0.2, 0.25) is 0 Å². The van der Waals surface area contributed by atoms with Crippen LogP contribution in [0, 0.1) is 23.7 Å². The molecule has 2 aliphatic carbocycles. The third kappa shape index (κ3) is 3.27. The summed E-state index contributed by atoms with van der Waals surface area (Å²) in [6.45, 7) is 7.15.